The number of nitrogens with zero attached hydrogens (tertiary/aromatic N) is 2. The van der Waals surface area contributed by atoms with Gasteiger partial charge in [-0.2, -0.15) is 0 Å². The predicted molar refractivity (Wildman–Crippen MR) is 122 cm³/mol. The molecule has 4 aromatic rings. The van der Waals surface area contributed by atoms with Crippen molar-refractivity contribution >= 4 is 28.3 Å². The van der Waals surface area contributed by atoms with Gasteiger partial charge in [-0.1, -0.05) is 59.9 Å². The first-order valence-electron chi connectivity index (χ1n) is 9.88. The van der Waals surface area contributed by atoms with Crippen LogP contribution in [-0.2, 0) is 11.2 Å². The number of carbonyl (C=O) groups is 2. The summed E-state index contributed by atoms with van der Waals surface area (Å²) in [6, 6.07) is 23.2. The molecule has 1 heterocycles. The first-order chi connectivity index (χ1) is 15.6. The molecule has 0 radical (unpaired) electrons. The van der Waals surface area contributed by atoms with E-state index in [1.54, 1.807) is 36.4 Å². The molecular weight excluding hydrogens is 427 g/mol. The average Bonchev–Trinajstić information content (AvgIpc) is 3.28. The highest BCUT2D eigenvalue weighted by molar-refractivity contribution is 7.18. The second-order valence-corrected chi connectivity index (χ2v) is 7.97. The van der Waals surface area contributed by atoms with E-state index in [2.05, 4.69) is 20.8 Å². The van der Waals surface area contributed by atoms with Crippen LogP contribution in [0.2, 0.25) is 0 Å². The summed E-state index contributed by atoms with van der Waals surface area (Å²) in [4.78, 5) is 25.7. The Labute approximate surface area is 188 Å². The Hall–Kier alpha value is -3.91. The number of anilines is 1. The van der Waals surface area contributed by atoms with Gasteiger partial charge in [0.2, 0.25) is 11.0 Å². The predicted octanol–water partition coefficient (Wildman–Crippen LogP) is 4.32. The Bertz CT molecular complexity index is 1200. The molecule has 1 unspecified atom stereocenters. The monoisotopic (exact) mass is 446 g/mol. The summed E-state index contributed by atoms with van der Waals surface area (Å²) in [5.41, 5.74) is 2.07. The smallest absolute Gasteiger partial charge is 0.251 e. The Kier molecular flexibility index (Phi) is 6.62. The third kappa shape index (κ3) is 5.41. The Balaban J connectivity index is 1.50. The Morgan fingerprint density at radius 2 is 1.53 bits per heavy atom. The van der Waals surface area contributed by atoms with Gasteiger partial charge in [-0.25, -0.2) is 4.39 Å². The molecule has 2 amide bonds. The normalized spacial score (nSPS) is 11.5. The quantitative estimate of drug-likeness (QED) is 0.443. The maximum atomic E-state index is 13.2. The first-order valence-corrected chi connectivity index (χ1v) is 10.7. The van der Waals surface area contributed by atoms with Crippen molar-refractivity contribution in [1.29, 1.82) is 0 Å². The molecule has 0 bridgehead atoms. The van der Waals surface area contributed by atoms with Crippen LogP contribution in [0.4, 0.5) is 9.52 Å². The number of hydrogen-bond acceptors (Lipinski definition) is 5. The topological polar surface area (TPSA) is 84.0 Å². The van der Waals surface area contributed by atoms with Crippen LogP contribution in [0.3, 0.4) is 0 Å². The molecule has 8 heteroatoms. The summed E-state index contributed by atoms with van der Waals surface area (Å²) in [7, 11) is 0. The molecule has 0 aliphatic carbocycles. The zero-order valence-electron chi connectivity index (χ0n) is 16.9. The maximum absolute atomic E-state index is 13.2. The highest BCUT2D eigenvalue weighted by Crippen LogP contribution is 2.26. The Morgan fingerprint density at radius 3 is 2.22 bits per heavy atom. The molecule has 0 saturated heterocycles. The summed E-state index contributed by atoms with van der Waals surface area (Å²) in [5, 5.41) is 14.5. The molecule has 0 saturated carbocycles. The fourth-order valence-corrected chi connectivity index (χ4v) is 3.82. The fourth-order valence-electron chi connectivity index (χ4n) is 3.07. The molecule has 160 valence electrons. The van der Waals surface area contributed by atoms with E-state index < -0.39 is 11.9 Å². The molecule has 4 rings (SSSR count). The lowest BCUT2D eigenvalue weighted by Gasteiger charge is -2.18. The van der Waals surface area contributed by atoms with Crippen LogP contribution in [-0.4, -0.2) is 28.1 Å². The molecule has 0 aliphatic rings. The molecule has 2 N–H and O–H groups in total. The van der Waals surface area contributed by atoms with Gasteiger partial charge in [0.25, 0.3) is 5.91 Å². The van der Waals surface area contributed by atoms with E-state index >= 15 is 0 Å². The van der Waals surface area contributed by atoms with Crippen molar-refractivity contribution in [3.63, 3.8) is 0 Å². The minimum absolute atomic E-state index is 0.293. The van der Waals surface area contributed by atoms with Crippen molar-refractivity contribution in [1.82, 2.24) is 15.5 Å². The van der Waals surface area contributed by atoms with E-state index in [0.717, 1.165) is 5.56 Å². The van der Waals surface area contributed by atoms with Crippen LogP contribution >= 0.6 is 11.3 Å². The number of amides is 2. The number of halogens is 1. The summed E-state index contributed by atoms with van der Waals surface area (Å²) in [6.45, 7) is 0. The third-order valence-corrected chi connectivity index (χ3v) is 5.57. The van der Waals surface area contributed by atoms with E-state index in [4.69, 9.17) is 0 Å². The number of rotatable bonds is 7. The van der Waals surface area contributed by atoms with Crippen LogP contribution in [0.25, 0.3) is 10.6 Å². The number of nitrogens with one attached hydrogen (secondary N) is 2. The molecule has 3 aromatic carbocycles. The molecule has 1 atom stereocenters. The van der Waals surface area contributed by atoms with Gasteiger partial charge in [0.05, 0.1) is 0 Å². The zero-order valence-corrected chi connectivity index (χ0v) is 17.7. The highest BCUT2D eigenvalue weighted by Gasteiger charge is 2.23. The molecule has 6 nitrogen and oxygen atoms in total. The second kappa shape index (κ2) is 9.93. The fraction of sp³-hybridized carbons (Fsp3) is 0.0833. The van der Waals surface area contributed by atoms with Crippen LogP contribution in [0.1, 0.15) is 15.9 Å². The zero-order chi connectivity index (χ0) is 22.3. The molecule has 32 heavy (non-hydrogen) atoms. The SMILES string of the molecule is O=C(NC(Cc1ccccc1)C(=O)Nc1nnc(-c2ccc(F)cc2)s1)c1ccccc1. The van der Waals surface area contributed by atoms with Gasteiger partial charge in [-0.3, -0.25) is 14.9 Å². The van der Waals surface area contributed by atoms with E-state index in [-0.39, 0.29) is 11.7 Å². The molecule has 0 spiro atoms. The van der Waals surface area contributed by atoms with Crippen molar-refractivity contribution in [3.8, 4) is 10.6 Å². The standard InChI is InChI=1S/C24H19FN4O2S/c25-19-13-11-18(12-14-19)23-28-29-24(32-23)27-22(31)20(15-16-7-3-1-4-8-16)26-21(30)17-9-5-2-6-10-17/h1-14,20H,15H2,(H,26,30)(H,27,29,31). The average molecular weight is 447 g/mol. The lowest BCUT2D eigenvalue weighted by molar-refractivity contribution is -0.118. The lowest BCUT2D eigenvalue weighted by Crippen LogP contribution is -2.45. The van der Waals surface area contributed by atoms with Gasteiger partial charge >= 0.3 is 0 Å². The molecule has 0 fully saturated rings. The van der Waals surface area contributed by atoms with Crippen molar-refractivity contribution in [3.05, 3.63) is 102 Å². The minimum atomic E-state index is -0.816. The maximum Gasteiger partial charge on any atom is 0.251 e. The van der Waals surface area contributed by atoms with Gasteiger partial charge in [0.15, 0.2) is 0 Å². The number of aromatic nitrogens is 2. The van der Waals surface area contributed by atoms with Crippen molar-refractivity contribution in [2.45, 2.75) is 12.5 Å². The van der Waals surface area contributed by atoms with E-state index in [0.29, 0.717) is 27.7 Å². The minimum Gasteiger partial charge on any atom is -0.340 e. The van der Waals surface area contributed by atoms with Gasteiger partial charge in [0, 0.05) is 17.5 Å². The number of benzene rings is 3. The van der Waals surface area contributed by atoms with Gasteiger partial charge in [0.1, 0.15) is 16.9 Å². The van der Waals surface area contributed by atoms with E-state index in [1.807, 2.05) is 36.4 Å². The van der Waals surface area contributed by atoms with E-state index in [1.165, 1.54) is 23.5 Å². The summed E-state index contributed by atoms with van der Waals surface area (Å²) in [6.07, 6.45) is 0.314. The highest BCUT2D eigenvalue weighted by atomic mass is 32.1. The molecule has 0 aliphatic heterocycles. The van der Waals surface area contributed by atoms with Crippen LogP contribution in [0.5, 0.6) is 0 Å². The van der Waals surface area contributed by atoms with E-state index in [9.17, 15) is 14.0 Å². The van der Waals surface area contributed by atoms with Gasteiger partial charge in [-0.15, -0.1) is 10.2 Å². The molecular formula is C24H19FN4O2S. The number of carbonyl (C=O) groups excluding carboxylic acids is 2. The third-order valence-electron chi connectivity index (χ3n) is 4.69. The molecule has 1 aromatic heterocycles. The number of hydrogen-bond donors (Lipinski definition) is 2. The van der Waals surface area contributed by atoms with Crippen molar-refractivity contribution in [2.75, 3.05) is 5.32 Å². The summed E-state index contributed by atoms with van der Waals surface area (Å²) >= 11 is 1.17. The first kappa shape index (κ1) is 21.3. The lowest BCUT2D eigenvalue weighted by atomic mass is 10.0. The van der Waals surface area contributed by atoms with Crippen molar-refractivity contribution in [2.24, 2.45) is 0 Å². The van der Waals surface area contributed by atoms with Gasteiger partial charge < -0.3 is 5.32 Å². The largest absolute Gasteiger partial charge is 0.340 e. The van der Waals surface area contributed by atoms with Crippen molar-refractivity contribution < 1.29 is 14.0 Å². The summed E-state index contributed by atoms with van der Waals surface area (Å²) < 4.78 is 13.2. The second-order valence-electron chi connectivity index (χ2n) is 6.99. The van der Waals surface area contributed by atoms with Crippen LogP contribution in [0, 0.1) is 5.82 Å². The van der Waals surface area contributed by atoms with Crippen LogP contribution < -0.4 is 10.6 Å². The summed E-state index contributed by atoms with van der Waals surface area (Å²) in [5.74, 6) is -1.09. The Morgan fingerprint density at radius 1 is 0.875 bits per heavy atom. The van der Waals surface area contributed by atoms with Gasteiger partial charge in [-0.05, 0) is 42.0 Å². The van der Waals surface area contributed by atoms with Crippen LogP contribution in [0.15, 0.2) is 84.9 Å².